The molecule has 0 saturated heterocycles. The van der Waals surface area contributed by atoms with Crippen LogP contribution in [0.25, 0.3) is 0 Å². The first kappa shape index (κ1) is 14.2. The van der Waals surface area contributed by atoms with Gasteiger partial charge in [-0.3, -0.25) is 0 Å². The molecule has 110 valence electrons. The molecule has 0 unspecified atom stereocenters. The van der Waals surface area contributed by atoms with Crippen molar-refractivity contribution in [1.29, 1.82) is 0 Å². The highest BCUT2D eigenvalue weighted by molar-refractivity contribution is 5.40. The Labute approximate surface area is 131 Å². The Kier molecular flexibility index (Phi) is 4.10. The second-order valence-corrected chi connectivity index (χ2v) is 5.31. The average Bonchev–Trinajstić information content (AvgIpc) is 2.47. The Morgan fingerprint density at radius 1 is 0.500 bits per heavy atom. The number of rotatable bonds is 4. The molecule has 0 bridgehead atoms. The number of hydrogen-bond acceptors (Lipinski definition) is 2. The van der Waals surface area contributed by atoms with Gasteiger partial charge in [-0.1, -0.05) is 30.3 Å². The van der Waals surface area contributed by atoms with Crippen molar-refractivity contribution in [3.05, 3.63) is 83.9 Å². The van der Waals surface area contributed by atoms with Crippen LogP contribution in [0.3, 0.4) is 0 Å². The molecule has 22 heavy (non-hydrogen) atoms. The fraction of sp³-hybridized carbons (Fsp3) is 0.100. The lowest BCUT2D eigenvalue weighted by atomic mass is 10.2. The molecule has 0 spiro atoms. The van der Waals surface area contributed by atoms with E-state index in [1.165, 1.54) is 11.1 Å². The first-order valence-electron chi connectivity index (χ1n) is 7.28. The van der Waals surface area contributed by atoms with Crippen molar-refractivity contribution in [3.63, 3.8) is 0 Å². The Hall–Kier alpha value is -2.74. The summed E-state index contributed by atoms with van der Waals surface area (Å²) in [5.74, 6) is 3.17. The van der Waals surface area contributed by atoms with Crippen molar-refractivity contribution in [2.45, 2.75) is 13.8 Å². The van der Waals surface area contributed by atoms with E-state index in [2.05, 4.69) is 0 Å². The lowest BCUT2D eigenvalue weighted by Gasteiger charge is -2.10. The fourth-order valence-electron chi connectivity index (χ4n) is 2.23. The molecule has 0 atom stereocenters. The highest BCUT2D eigenvalue weighted by Crippen LogP contribution is 2.28. The smallest absolute Gasteiger partial charge is 0.131 e. The third-order valence-corrected chi connectivity index (χ3v) is 3.26. The van der Waals surface area contributed by atoms with Crippen LogP contribution in [0.5, 0.6) is 23.0 Å². The van der Waals surface area contributed by atoms with Crippen LogP contribution < -0.4 is 9.47 Å². The molecule has 2 heteroatoms. The monoisotopic (exact) mass is 290 g/mol. The third kappa shape index (κ3) is 3.67. The average molecular weight is 290 g/mol. The SMILES string of the molecule is Cc1cccc(Oc2cccc(Oc3cccc(C)c3)c2)c1. The molecule has 0 aromatic heterocycles. The zero-order chi connectivity index (χ0) is 15.4. The van der Waals surface area contributed by atoms with Gasteiger partial charge in [-0.15, -0.1) is 0 Å². The first-order chi connectivity index (χ1) is 10.7. The molecule has 0 heterocycles. The van der Waals surface area contributed by atoms with Gasteiger partial charge < -0.3 is 9.47 Å². The van der Waals surface area contributed by atoms with Gasteiger partial charge in [-0.05, 0) is 61.4 Å². The molecule has 0 saturated carbocycles. The van der Waals surface area contributed by atoms with Gasteiger partial charge in [0.25, 0.3) is 0 Å². The Balaban J connectivity index is 1.78. The predicted molar refractivity (Wildman–Crippen MR) is 88.9 cm³/mol. The van der Waals surface area contributed by atoms with Crippen molar-refractivity contribution < 1.29 is 9.47 Å². The van der Waals surface area contributed by atoms with Gasteiger partial charge in [-0.25, -0.2) is 0 Å². The molecule has 3 aromatic rings. The van der Waals surface area contributed by atoms with E-state index < -0.39 is 0 Å². The van der Waals surface area contributed by atoms with Crippen molar-refractivity contribution >= 4 is 0 Å². The van der Waals surface area contributed by atoms with Crippen LogP contribution in [0, 0.1) is 13.8 Å². The highest BCUT2D eigenvalue weighted by Gasteiger charge is 2.02. The molecule has 3 rings (SSSR count). The molecular formula is C20H18O2. The minimum atomic E-state index is 0.760. The molecule has 0 N–H and O–H groups in total. The van der Waals surface area contributed by atoms with E-state index in [1.54, 1.807) is 0 Å². The fourth-order valence-corrected chi connectivity index (χ4v) is 2.23. The summed E-state index contributed by atoms with van der Waals surface area (Å²) in [5, 5.41) is 0. The van der Waals surface area contributed by atoms with Crippen LogP contribution in [0.1, 0.15) is 11.1 Å². The van der Waals surface area contributed by atoms with E-state index in [0.717, 1.165) is 23.0 Å². The van der Waals surface area contributed by atoms with Crippen LogP contribution in [-0.2, 0) is 0 Å². The zero-order valence-electron chi connectivity index (χ0n) is 12.7. The maximum Gasteiger partial charge on any atom is 0.131 e. The molecule has 0 fully saturated rings. The normalized spacial score (nSPS) is 10.3. The van der Waals surface area contributed by atoms with E-state index >= 15 is 0 Å². The minimum absolute atomic E-state index is 0.760. The molecule has 2 nitrogen and oxygen atoms in total. The maximum absolute atomic E-state index is 5.88. The van der Waals surface area contributed by atoms with E-state index in [4.69, 9.17) is 9.47 Å². The minimum Gasteiger partial charge on any atom is -0.457 e. The van der Waals surface area contributed by atoms with Crippen LogP contribution in [0.15, 0.2) is 72.8 Å². The van der Waals surface area contributed by atoms with Gasteiger partial charge in [0.15, 0.2) is 0 Å². The van der Waals surface area contributed by atoms with E-state index in [9.17, 15) is 0 Å². The van der Waals surface area contributed by atoms with Gasteiger partial charge in [0.1, 0.15) is 23.0 Å². The largest absolute Gasteiger partial charge is 0.457 e. The summed E-state index contributed by atoms with van der Waals surface area (Å²) in [6.07, 6.45) is 0. The maximum atomic E-state index is 5.88. The van der Waals surface area contributed by atoms with Crippen LogP contribution in [0.2, 0.25) is 0 Å². The number of ether oxygens (including phenoxy) is 2. The standard InChI is InChI=1S/C20H18O2/c1-15-6-3-8-17(12-15)21-19-10-5-11-20(14-19)22-18-9-4-7-16(2)13-18/h3-14H,1-2H3. The summed E-state index contributed by atoms with van der Waals surface area (Å²) in [6.45, 7) is 4.09. The van der Waals surface area contributed by atoms with Crippen molar-refractivity contribution in [3.8, 4) is 23.0 Å². The summed E-state index contributed by atoms with van der Waals surface area (Å²) in [7, 11) is 0. The Morgan fingerprint density at radius 2 is 0.864 bits per heavy atom. The molecule has 3 aromatic carbocycles. The lowest BCUT2D eigenvalue weighted by molar-refractivity contribution is 0.460. The summed E-state index contributed by atoms with van der Waals surface area (Å²) >= 11 is 0. The van der Waals surface area contributed by atoms with Crippen LogP contribution in [-0.4, -0.2) is 0 Å². The molecule has 0 amide bonds. The van der Waals surface area contributed by atoms with Crippen molar-refractivity contribution in [1.82, 2.24) is 0 Å². The molecule has 0 aliphatic carbocycles. The third-order valence-electron chi connectivity index (χ3n) is 3.26. The quantitative estimate of drug-likeness (QED) is 0.596. The number of benzene rings is 3. The predicted octanol–water partition coefficient (Wildman–Crippen LogP) is 5.89. The van der Waals surface area contributed by atoms with Crippen molar-refractivity contribution in [2.75, 3.05) is 0 Å². The summed E-state index contributed by atoms with van der Waals surface area (Å²) < 4.78 is 11.8. The van der Waals surface area contributed by atoms with E-state index in [0.29, 0.717) is 0 Å². The topological polar surface area (TPSA) is 18.5 Å². The number of hydrogen-bond donors (Lipinski definition) is 0. The lowest BCUT2D eigenvalue weighted by Crippen LogP contribution is -1.88. The first-order valence-corrected chi connectivity index (χ1v) is 7.28. The zero-order valence-corrected chi connectivity index (χ0v) is 12.7. The van der Waals surface area contributed by atoms with Gasteiger partial charge in [0, 0.05) is 6.07 Å². The summed E-state index contributed by atoms with van der Waals surface area (Å²) in [6, 6.07) is 23.6. The van der Waals surface area contributed by atoms with Crippen LogP contribution in [0.4, 0.5) is 0 Å². The van der Waals surface area contributed by atoms with Gasteiger partial charge >= 0.3 is 0 Å². The molecule has 0 radical (unpaired) electrons. The van der Waals surface area contributed by atoms with Crippen LogP contribution >= 0.6 is 0 Å². The van der Waals surface area contributed by atoms with Crippen molar-refractivity contribution in [2.24, 2.45) is 0 Å². The second-order valence-electron chi connectivity index (χ2n) is 5.31. The highest BCUT2D eigenvalue weighted by atomic mass is 16.5. The number of aryl methyl sites for hydroxylation is 2. The van der Waals surface area contributed by atoms with E-state index in [-0.39, 0.29) is 0 Å². The molecule has 0 aliphatic rings. The van der Waals surface area contributed by atoms with E-state index in [1.807, 2.05) is 86.6 Å². The summed E-state index contributed by atoms with van der Waals surface area (Å²) in [5.41, 5.74) is 2.34. The Morgan fingerprint density at radius 3 is 1.27 bits per heavy atom. The van der Waals surface area contributed by atoms with Gasteiger partial charge in [0.05, 0.1) is 0 Å². The van der Waals surface area contributed by atoms with Gasteiger partial charge in [0.2, 0.25) is 0 Å². The summed E-state index contributed by atoms with van der Waals surface area (Å²) in [4.78, 5) is 0. The van der Waals surface area contributed by atoms with Gasteiger partial charge in [-0.2, -0.15) is 0 Å². The second kappa shape index (κ2) is 6.35. The molecule has 0 aliphatic heterocycles. The molecular weight excluding hydrogens is 272 g/mol. The Bertz CT molecular complexity index is 715.